The Balaban J connectivity index is 1.80. The summed E-state index contributed by atoms with van der Waals surface area (Å²) in [5.41, 5.74) is -1.53. The van der Waals surface area contributed by atoms with Gasteiger partial charge >= 0.3 is 6.18 Å². The minimum Gasteiger partial charge on any atom is -0.462 e. The van der Waals surface area contributed by atoms with Crippen molar-refractivity contribution in [1.82, 2.24) is 10.3 Å². The summed E-state index contributed by atoms with van der Waals surface area (Å²) in [5, 5.41) is 14.0. The van der Waals surface area contributed by atoms with E-state index >= 15 is 0 Å². The summed E-state index contributed by atoms with van der Waals surface area (Å²) in [6.45, 7) is 2.77. The molecule has 10 heteroatoms. The molecule has 192 valence electrons. The number of hydrogen-bond donors (Lipinski definition) is 2. The molecule has 0 saturated carbocycles. The van der Waals surface area contributed by atoms with Crippen LogP contribution < -0.4 is 10.1 Å². The summed E-state index contributed by atoms with van der Waals surface area (Å²) in [7, 11) is 0. The van der Waals surface area contributed by atoms with Gasteiger partial charge in [0.05, 0.1) is 12.2 Å². The Labute approximate surface area is 220 Å². The van der Waals surface area contributed by atoms with Gasteiger partial charge in [0.15, 0.2) is 5.60 Å². The lowest BCUT2D eigenvalue weighted by atomic mass is 9.76. The zero-order valence-corrected chi connectivity index (χ0v) is 21.9. The van der Waals surface area contributed by atoms with Crippen molar-refractivity contribution in [2.24, 2.45) is 0 Å². The van der Waals surface area contributed by atoms with Crippen LogP contribution in [0.4, 0.5) is 13.2 Å². The maximum absolute atomic E-state index is 13.1. The third kappa shape index (κ3) is 6.99. The van der Waals surface area contributed by atoms with E-state index in [0.717, 1.165) is 27.7 Å². The van der Waals surface area contributed by atoms with Crippen LogP contribution in [0.15, 0.2) is 71.3 Å². The summed E-state index contributed by atoms with van der Waals surface area (Å²) in [6, 6.07) is 16.6. The first kappa shape index (κ1) is 28.0. The van der Waals surface area contributed by atoms with Gasteiger partial charge in [0.25, 0.3) is 5.91 Å². The van der Waals surface area contributed by atoms with Crippen LogP contribution >= 0.6 is 27.5 Å². The number of ether oxygens (including phenoxy) is 1. The number of aromatic nitrogens is 1. The number of carbonyl (C=O) groups excluding carboxylic acids is 1. The zero-order chi connectivity index (χ0) is 26.6. The van der Waals surface area contributed by atoms with E-state index in [0.29, 0.717) is 17.6 Å². The predicted molar refractivity (Wildman–Crippen MR) is 135 cm³/mol. The van der Waals surface area contributed by atoms with Crippen molar-refractivity contribution >= 4 is 33.4 Å². The molecule has 0 radical (unpaired) electrons. The maximum Gasteiger partial charge on any atom is 0.417 e. The molecule has 0 fully saturated rings. The largest absolute Gasteiger partial charge is 0.462 e. The highest BCUT2D eigenvalue weighted by atomic mass is 79.9. The number of nitrogens with one attached hydrogen (secondary N) is 1. The number of benzene rings is 2. The lowest BCUT2D eigenvalue weighted by Crippen LogP contribution is -2.52. The Kier molecular flexibility index (Phi) is 8.69. The second kappa shape index (κ2) is 11.2. The molecule has 0 aliphatic heterocycles. The minimum atomic E-state index is -4.53. The highest BCUT2D eigenvalue weighted by molar-refractivity contribution is 9.10. The second-order valence-corrected chi connectivity index (χ2v) is 10.3. The van der Waals surface area contributed by atoms with Crippen LogP contribution in [0.5, 0.6) is 5.88 Å². The van der Waals surface area contributed by atoms with Crippen LogP contribution in [0.2, 0.25) is 5.02 Å². The maximum atomic E-state index is 13.1. The third-order valence-electron chi connectivity index (χ3n) is 5.75. The molecule has 1 atom stereocenters. The van der Waals surface area contributed by atoms with Crippen LogP contribution in [0.1, 0.15) is 30.5 Å². The number of aliphatic hydroxyl groups is 1. The highest BCUT2D eigenvalue weighted by Gasteiger charge is 2.37. The molecule has 0 aliphatic rings. The van der Waals surface area contributed by atoms with E-state index in [4.69, 9.17) is 16.3 Å². The fourth-order valence-electron chi connectivity index (χ4n) is 3.66. The first-order valence-electron chi connectivity index (χ1n) is 11.0. The molecule has 0 spiro atoms. The van der Waals surface area contributed by atoms with Crippen LogP contribution in [-0.4, -0.2) is 34.8 Å². The molecule has 0 saturated heterocycles. The monoisotopic (exact) mass is 584 g/mol. The number of nitrogens with zero attached hydrogens (tertiary/aromatic N) is 1. The molecule has 1 unspecified atom stereocenters. The molecule has 2 aromatic carbocycles. The van der Waals surface area contributed by atoms with Gasteiger partial charge in [-0.1, -0.05) is 51.8 Å². The van der Waals surface area contributed by atoms with Crippen molar-refractivity contribution in [2.75, 3.05) is 13.2 Å². The average Bonchev–Trinajstić information content (AvgIpc) is 2.82. The predicted octanol–water partition coefficient (Wildman–Crippen LogP) is 5.96. The number of aliphatic hydroxyl groups excluding tert-OH is 1. The van der Waals surface area contributed by atoms with Crippen molar-refractivity contribution in [2.45, 2.75) is 37.5 Å². The molecule has 0 bridgehead atoms. The van der Waals surface area contributed by atoms with Gasteiger partial charge in [0.1, 0.15) is 0 Å². The Morgan fingerprint density at radius 1 is 1.08 bits per heavy atom. The van der Waals surface area contributed by atoms with E-state index in [1.165, 1.54) is 13.8 Å². The Bertz CT molecular complexity index is 1190. The number of halogens is 5. The number of carbonyl (C=O) groups is 1. The number of pyridine rings is 1. The minimum absolute atomic E-state index is 0.0641. The van der Waals surface area contributed by atoms with Crippen molar-refractivity contribution in [1.29, 1.82) is 0 Å². The molecule has 1 heterocycles. The van der Waals surface area contributed by atoms with E-state index in [1.54, 1.807) is 12.1 Å². The molecule has 1 amide bonds. The van der Waals surface area contributed by atoms with Gasteiger partial charge in [-0.15, -0.1) is 0 Å². The van der Waals surface area contributed by atoms with Crippen molar-refractivity contribution in [3.05, 3.63) is 93.0 Å². The van der Waals surface area contributed by atoms with Crippen LogP contribution in [0.3, 0.4) is 0 Å². The van der Waals surface area contributed by atoms with Gasteiger partial charge in [-0.3, -0.25) is 4.79 Å². The molecule has 3 rings (SSSR count). The van der Waals surface area contributed by atoms with E-state index in [2.05, 4.69) is 26.2 Å². The topological polar surface area (TPSA) is 71.5 Å². The van der Waals surface area contributed by atoms with Crippen molar-refractivity contribution in [3.63, 3.8) is 0 Å². The zero-order valence-electron chi connectivity index (χ0n) is 19.6. The summed E-state index contributed by atoms with van der Waals surface area (Å²) >= 11 is 9.48. The highest BCUT2D eigenvalue weighted by Crippen LogP contribution is 2.32. The first-order chi connectivity index (χ1) is 16.8. The Hall–Kier alpha value is -2.62. The summed E-state index contributed by atoms with van der Waals surface area (Å²) in [5.74, 6) is -0.641. The van der Waals surface area contributed by atoms with Gasteiger partial charge in [0.2, 0.25) is 5.88 Å². The fraction of sp³-hybridized carbons (Fsp3) is 0.308. The number of amides is 1. The SMILES string of the molecule is CC(C)(Oc1ccc(C(F)(F)F)cn1)C(=O)NCC(CO)(Cc1ccc(Cl)cc1)c1cccc(Br)c1. The third-order valence-corrected chi connectivity index (χ3v) is 6.50. The van der Waals surface area contributed by atoms with Crippen LogP contribution in [-0.2, 0) is 22.8 Å². The smallest absolute Gasteiger partial charge is 0.417 e. The molecular weight excluding hydrogens is 561 g/mol. The molecular formula is C26H25BrClF3N2O3. The number of alkyl halides is 3. The molecule has 36 heavy (non-hydrogen) atoms. The Morgan fingerprint density at radius 3 is 2.33 bits per heavy atom. The fourth-order valence-corrected chi connectivity index (χ4v) is 4.18. The van der Waals surface area contributed by atoms with E-state index in [-0.39, 0.29) is 19.0 Å². The van der Waals surface area contributed by atoms with Crippen LogP contribution in [0, 0.1) is 0 Å². The second-order valence-electron chi connectivity index (χ2n) is 8.93. The van der Waals surface area contributed by atoms with Crippen molar-refractivity contribution < 1.29 is 27.8 Å². The molecule has 0 aliphatic carbocycles. The van der Waals surface area contributed by atoms with Crippen LogP contribution in [0.25, 0.3) is 0 Å². The van der Waals surface area contributed by atoms with Gasteiger partial charge in [-0.2, -0.15) is 13.2 Å². The first-order valence-corrected chi connectivity index (χ1v) is 12.1. The molecule has 3 aromatic rings. The van der Waals surface area contributed by atoms with Gasteiger partial charge < -0.3 is 15.2 Å². The molecule has 2 N–H and O–H groups in total. The van der Waals surface area contributed by atoms with E-state index in [9.17, 15) is 23.1 Å². The van der Waals surface area contributed by atoms with Gasteiger partial charge in [0, 0.05) is 33.7 Å². The van der Waals surface area contributed by atoms with Gasteiger partial charge in [-0.25, -0.2) is 4.98 Å². The standard InChI is InChI=1S/C26H25BrClF3N2O3/c1-24(2,36-22-11-8-19(14-32-22)26(29,30)31)23(35)33-15-25(16-34,18-4-3-5-20(27)12-18)13-17-6-9-21(28)10-7-17/h3-12,14,34H,13,15-16H2,1-2H3,(H,33,35). The Morgan fingerprint density at radius 2 is 1.78 bits per heavy atom. The summed E-state index contributed by atoms with van der Waals surface area (Å²) in [4.78, 5) is 16.8. The lowest BCUT2D eigenvalue weighted by molar-refractivity contribution is -0.138. The summed E-state index contributed by atoms with van der Waals surface area (Å²) < 4.78 is 44.8. The van der Waals surface area contributed by atoms with Gasteiger partial charge in [-0.05, 0) is 61.7 Å². The van der Waals surface area contributed by atoms with E-state index < -0.39 is 28.7 Å². The van der Waals surface area contributed by atoms with E-state index in [1.807, 2.05) is 36.4 Å². The van der Waals surface area contributed by atoms with Crippen molar-refractivity contribution in [3.8, 4) is 5.88 Å². The quantitative estimate of drug-likeness (QED) is 0.325. The average molecular weight is 586 g/mol. The summed E-state index contributed by atoms with van der Waals surface area (Å²) in [6.07, 6.45) is -3.47. The number of hydrogen-bond acceptors (Lipinski definition) is 4. The molecule has 5 nitrogen and oxygen atoms in total. The number of rotatable bonds is 9. The molecule has 1 aromatic heterocycles. The lowest BCUT2D eigenvalue weighted by Gasteiger charge is -2.35. The normalized spacial score (nSPS) is 13.7.